The van der Waals surface area contributed by atoms with Gasteiger partial charge in [-0.15, -0.1) is 0 Å². The second-order valence-corrected chi connectivity index (χ2v) is 7.62. The third-order valence-corrected chi connectivity index (χ3v) is 5.53. The molecule has 0 spiro atoms. The smallest absolute Gasteiger partial charge is 0.201 e. The molecule has 3 aromatic rings. The van der Waals surface area contributed by atoms with Gasteiger partial charge in [0, 0.05) is 18.0 Å². The Morgan fingerprint density at radius 2 is 1.58 bits per heavy atom. The van der Waals surface area contributed by atoms with Gasteiger partial charge in [-0.2, -0.15) is 4.39 Å². The molecule has 33 heavy (non-hydrogen) atoms. The van der Waals surface area contributed by atoms with Gasteiger partial charge in [-0.1, -0.05) is 42.5 Å². The van der Waals surface area contributed by atoms with E-state index >= 15 is 0 Å². The van der Waals surface area contributed by atoms with Gasteiger partial charge in [0.05, 0.1) is 13.2 Å². The van der Waals surface area contributed by atoms with Crippen LogP contribution in [0.15, 0.2) is 66.7 Å². The average molecular weight is 450 g/mol. The van der Waals surface area contributed by atoms with Crippen molar-refractivity contribution in [3.05, 3.63) is 89.8 Å². The fraction of sp³-hybridized carbons (Fsp3) is 0.231. The van der Waals surface area contributed by atoms with Gasteiger partial charge in [0.15, 0.2) is 17.9 Å². The van der Waals surface area contributed by atoms with Crippen molar-refractivity contribution in [2.45, 2.75) is 19.1 Å². The normalized spacial score (nSPS) is 18.5. The summed E-state index contributed by atoms with van der Waals surface area (Å²) in [6, 6.07) is 14.6. The molecule has 2 radical (unpaired) electrons. The first-order valence-corrected chi connectivity index (χ1v) is 10.6. The molecular formula is C26H22BF3O3. The number of allylic oxidation sites excluding steroid dienone is 1. The van der Waals surface area contributed by atoms with E-state index in [9.17, 15) is 13.2 Å². The van der Waals surface area contributed by atoms with E-state index in [1.807, 2.05) is 25.1 Å². The first kappa shape index (κ1) is 23.1. The van der Waals surface area contributed by atoms with Gasteiger partial charge in [-0.05, 0) is 53.5 Å². The zero-order valence-electron chi connectivity index (χ0n) is 18.1. The summed E-state index contributed by atoms with van der Waals surface area (Å²) in [5.74, 6) is -2.88. The van der Waals surface area contributed by atoms with Crippen molar-refractivity contribution < 1.29 is 27.4 Å². The fourth-order valence-electron chi connectivity index (χ4n) is 3.80. The molecule has 4 rings (SSSR count). The quantitative estimate of drug-likeness (QED) is 0.342. The van der Waals surface area contributed by atoms with Crippen molar-refractivity contribution in [2.24, 2.45) is 0 Å². The highest BCUT2D eigenvalue weighted by molar-refractivity contribution is 6.08. The van der Waals surface area contributed by atoms with Gasteiger partial charge >= 0.3 is 0 Å². The van der Waals surface area contributed by atoms with Gasteiger partial charge in [-0.25, -0.2) is 8.78 Å². The van der Waals surface area contributed by atoms with E-state index < -0.39 is 17.9 Å². The van der Waals surface area contributed by atoms with E-state index in [2.05, 4.69) is 0 Å². The van der Waals surface area contributed by atoms with Gasteiger partial charge in [-0.3, -0.25) is 0 Å². The number of hydrogen-bond donors (Lipinski definition) is 0. The molecule has 1 heterocycles. The molecule has 1 aliphatic heterocycles. The highest BCUT2D eigenvalue weighted by Gasteiger charge is 2.24. The third-order valence-electron chi connectivity index (χ3n) is 5.53. The minimum Gasteiger partial charge on any atom is -0.500 e. The second-order valence-electron chi connectivity index (χ2n) is 7.62. The summed E-state index contributed by atoms with van der Waals surface area (Å²) in [7, 11) is 5.23. The molecule has 0 amide bonds. The van der Waals surface area contributed by atoms with Crippen LogP contribution in [-0.4, -0.2) is 33.9 Å². The lowest BCUT2D eigenvalue weighted by molar-refractivity contribution is -0.159. The van der Waals surface area contributed by atoms with Crippen LogP contribution in [0.2, 0.25) is 0 Å². The first-order chi connectivity index (χ1) is 16.0. The molecule has 168 valence electrons. The summed E-state index contributed by atoms with van der Waals surface area (Å²) in [5, 5.41) is 0. The Morgan fingerprint density at radius 1 is 0.909 bits per heavy atom. The van der Waals surface area contributed by atoms with Crippen molar-refractivity contribution in [1.82, 2.24) is 0 Å². The molecule has 0 aromatic heterocycles. The Hall–Kier alpha value is -3.03. The van der Waals surface area contributed by atoms with Crippen LogP contribution >= 0.6 is 0 Å². The molecular weight excluding hydrogens is 428 g/mol. The van der Waals surface area contributed by atoms with E-state index in [1.54, 1.807) is 30.3 Å². The average Bonchev–Trinajstić information content (AvgIpc) is 2.83. The van der Waals surface area contributed by atoms with E-state index in [1.165, 1.54) is 18.2 Å². The van der Waals surface area contributed by atoms with Crippen molar-refractivity contribution in [1.29, 1.82) is 0 Å². The van der Waals surface area contributed by atoms with Crippen LogP contribution in [0.5, 0.6) is 5.75 Å². The van der Waals surface area contributed by atoms with Crippen LogP contribution in [0.3, 0.4) is 0 Å². The largest absolute Gasteiger partial charge is 0.500 e. The Bertz CT molecular complexity index is 1140. The number of rotatable bonds is 6. The Kier molecular flexibility index (Phi) is 7.21. The molecule has 0 N–H and O–H groups in total. The van der Waals surface area contributed by atoms with Crippen LogP contribution in [0, 0.1) is 17.5 Å². The second kappa shape index (κ2) is 10.3. The predicted octanol–water partition coefficient (Wildman–Crippen LogP) is 5.98. The molecule has 1 aliphatic rings. The van der Waals surface area contributed by atoms with Crippen LogP contribution < -0.4 is 4.74 Å². The maximum Gasteiger partial charge on any atom is 0.201 e. The van der Waals surface area contributed by atoms with E-state index in [-0.39, 0.29) is 29.6 Å². The summed E-state index contributed by atoms with van der Waals surface area (Å²) in [4.78, 5) is 0. The Balaban J connectivity index is 1.52. The first-order valence-electron chi connectivity index (χ1n) is 10.6. The Morgan fingerprint density at radius 3 is 2.21 bits per heavy atom. The molecule has 0 saturated carbocycles. The van der Waals surface area contributed by atoms with Gasteiger partial charge in [0.25, 0.3) is 0 Å². The molecule has 0 atom stereocenters. The topological polar surface area (TPSA) is 27.7 Å². The Labute approximate surface area is 192 Å². The summed E-state index contributed by atoms with van der Waals surface area (Å²) in [6.07, 6.45) is 3.26. The van der Waals surface area contributed by atoms with Crippen LogP contribution in [0.25, 0.3) is 22.3 Å². The van der Waals surface area contributed by atoms with Gasteiger partial charge in [0.2, 0.25) is 5.82 Å². The van der Waals surface area contributed by atoms with E-state index in [0.29, 0.717) is 29.9 Å². The standard InChI is InChI=1S/C26H22BF3O3/c1-2-3-24-31-13-19(14-32-24)20-9-8-18(12-22(20)28)16-4-6-17(7-5-16)21-10-11-23(33-15-27)26(30)25(21)29/h2-12,19,24H,13-15H2,1H3/b3-2+. The van der Waals surface area contributed by atoms with Gasteiger partial charge < -0.3 is 14.2 Å². The number of ether oxygens (including phenoxy) is 3. The molecule has 1 fully saturated rings. The third kappa shape index (κ3) is 4.99. The molecule has 3 aromatic carbocycles. The van der Waals surface area contributed by atoms with Crippen molar-refractivity contribution in [3.63, 3.8) is 0 Å². The highest BCUT2D eigenvalue weighted by Crippen LogP contribution is 2.33. The minimum absolute atomic E-state index is 0.0958. The maximum atomic E-state index is 14.9. The van der Waals surface area contributed by atoms with Crippen molar-refractivity contribution in [3.8, 4) is 28.0 Å². The summed E-state index contributed by atoms with van der Waals surface area (Å²) in [5.41, 5.74) is 2.53. The fourth-order valence-corrected chi connectivity index (χ4v) is 3.80. The van der Waals surface area contributed by atoms with Crippen molar-refractivity contribution in [2.75, 3.05) is 19.7 Å². The summed E-state index contributed by atoms with van der Waals surface area (Å²) >= 11 is 0. The highest BCUT2D eigenvalue weighted by atomic mass is 19.2. The molecule has 3 nitrogen and oxygen atoms in total. The summed E-state index contributed by atoms with van der Waals surface area (Å²) < 4.78 is 59.6. The van der Waals surface area contributed by atoms with Crippen LogP contribution in [-0.2, 0) is 9.47 Å². The van der Waals surface area contributed by atoms with E-state index in [0.717, 1.165) is 5.56 Å². The van der Waals surface area contributed by atoms with Gasteiger partial charge in [0.1, 0.15) is 13.7 Å². The predicted molar refractivity (Wildman–Crippen MR) is 122 cm³/mol. The maximum absolute atomic E-state index is 14.9. The van der Waals surface area contributed by atoms with Crippen molar-refractivity contribution >= 4 is 7.85 Å². The lowest BCUT2D eigenvalue weighted by Crippen LogP contribution is -2.29. The monoisotopic (exact) mass is 450 g/mol. The van der Waals surface area contributed by atoms with Crippen LogP contribution in [0.4, 0.5) is 13.2 Å². The number of hydrogen-bond acceptors (Lipinski definition) is 3. The lowest BCUT2D eigenvalue weighted by atomic mass is 9.95. The zero-order chi connectivity index (χ0) is 23.4. The molecule has 1 saturated heterocycles. The minimum atomic E-state index is -1.09. The van der Waals surface area contributed by atoms with E-state index in [4.69, 9.17) is 22.1 Å². The zero-order valence-corrected chi connectivity index (χ0v) is 18.1. The number of benzene rings is 3. The molecule has 0 aliphatic carbocycles. The molecule has 0 bridgehead atoms. The summed E-state index contributed by atoms with van der Waals surface area (Å²) in [6.45, 7) is 2.37. The SMILES string of the molecule is [B]COc1ccc(-c2ccc(-c3ccc(C4COC(/C=C/C)OC4)c(F)c3)cc2)c(F)c1F. The number of halogens is 3. The van der Waals surface area contributed by atoms with Crippen LogP contribution in [0.1, 0.15) is 18.4 Å². The lowest BCUT2D eigenvalue weighted by Gasteiger charge is -2.28. The molecule has 0 unspecified atom stereocenters. The molecule has 7 heteroatoms.